The molecule has 130 valence electrons. The van der Waals surface area contributed by atoms with Crippen LogP contribution in [0.4, 0.5) is 4.39 Å². The van der Waals surface area contributed by atoms with Crippen LogP contribution in [0.15, 0.2) is 53.1 Å². The molecule has 5 heteroatoms. The van der Waals surface area contributed by atoms with Crippen LogP contribution in [0.3, 0.4) is 0 Å². The second-order valence-electron chi connectivity index (χ2n) is 6.64. The van der Waals surface area contributed by atoms with Crippen LogP contribution >= 0.6 is 0 Å². The fourth-order valence-corrected chi connectivity index (χ4v) is 3.52. The van der Waals surface area contributed by atoms with Gasteiger partial charge in [-0.1, -0.05) is 12.2 Å². The number of allylic oxidation sites excluding steroid dienone is 2. The normalized spacial score (nSPS) is 21.0. The maximum atomic E-state index is 13.2. The molecule has 2 aliphatic heterocycles. The molecule has 1 N–H and O–H groups in total. The maximum Gasteiger partial charge on any atom is 0.226 e. The molecule has 1 saturated heterocycles. The molecule has 1 unspecified atom stereocenters. The van der Waals surface area contributed by atoms with Gasteiger partial charge in [0.15, 0.2) is 0 Å². The summed E-state index contributed by atoms with van der Waals surface area (Å²) < 4.78 is 19.5. The van der Waals surface area contributed by atoms with E-state index in [1.54, 1.807) is 12.1 Å². The van der Waals surface area contributed by atoms with Gasteiger partial charge in [-0.3, -0.25) is 0 Å². The third-order valence-corrected chi connectivity index (χ3v) is 4.93. The van der Waals surface area contributed by atoms with Crippen molar-refractivity contribution < 1.29 is 8.81 Å². The molecule has 1 fully saturated rings. The first kappa shape index (κ1) is 16.1. The van der Waals surface area contributed by atoms with E-state index in [0.29, 0.717) is 11.8 Å². The lowest BCUT2D eigenvalue weighted by molar-refractivity contribution is 0.354. The van der Waals surface area contributed by atoms with E-state index < -0.39 is 0 Å². The van der Waals surface area contributed by atoms with Gasteiger partial charge in [0, 0.05) is 18.5 Å². The van der Waals surface area contributed by atoms with Gasteiger partial charge in [-0.25, -0.2) is 9.37 Å². The Kier molecular flexibility index (Phi) is 4.40. The number of hydrogen-bond donors (Lipinski definition) is 1. The largest absolute Gasteiger partial charge is 0.440 e. The van der Waals surface area contributed by atoms with Crippen molar-refractivity contribution >= 4 is 0 Å². The van der Waals surface area contributed by atoms with Crippen LogP contribution in [-0.4, -0.2) is 30.0 Å². The Morgan fingerprint density at radius 3 is 2.64 bits per heavy atom. The zero-order valence-electron chi connectivity index (χ0n) is 14.3. The summed E-state index contributed by atoms with van der Waals surface area (Å²) >= 11 is 0. The molecule has 0 saturated carbocycles. The number of likely N-dealkylation sites (N-methyl/N-ethyl adjacent to an activating group) is 1. The lowest BCUT2D eigenvalue weighted by Gasteiger charge is -2.27. The van der Waals surface area contributed by atoms with Crippen LogP contribution < -0.4 is 5.32 Å². The minimum absolute atomic E-state index is 0.0628. The van der Waals surface area contributed by atoms with Crippen molar-refractivity contribution in [3.05, 3.63) is 66.0 Å². The topological polar surface area (TPSA) is 41.3 Å². The van der Waals surface area contributed by atoms with E-state index in [-0.39, 0.29) is 11.9 Å². The smallest absolute Gasteiger partial charge is 0.226 e. The average molecular weight is 339 g/mol. The molecule has 3 heterocycles. The zero-order chi connectivity index (χ0) is 17.2. The van der Waals surface area contributed by atoms with Crippen LogP contribution in [0, 0.1) is 5.82 Å². The van der Waals surface area contributed by atoms with Gasteiger partial charge in [-0.2, -0.15) is 0 Å². The Balaban J connectivity index is 1.75. The summed E-state index contributed by atoms with van der Waals surface area (Å²) in [6.07, 6.45) is 10.3. The number of benzene rings is 1. The average Bonchev–Trinajstić information content (AvgIpc) is 3.08. The van der Waals surface area contributed by atoms with Crippen LogP contribution in [0.25, 0.3) is 11.5 Å². The molecule has 2 aromatic rings. The lowest BCUT2D eigenvalue weighted by Crippen LogP contribution is -2.28. The molecular formula is C20H22FN3O. The maximum absolute atomic E-state index is 13.2. The predicted molar refractivity (Wildman–Crippen MR) is 95.5 cm³/mol. The molecule has 4 nitrogen and oxygen atoms in total. The molecule has 0 aliphatic carbocycles. The summed E-state index contributed by atoms with van der Waals surface area (Å²) in [7, 11) is 2.04. The minimum atomic E-state index is -0.255. The van der Waals surface area contributed by atoms with Crippen molar-refractivity contribution in [2.75, 3.05) is 20.1 Å². The van der Waals surface area contributed by atoms with E-state index in [1.165, 1.54) is 12.1 Å². The molecular weight excluding hydrogens is 317 g/mol. The second-order valence-corrected chi connectivity index (χ2v) is 6.64. The summed E-state index contributed by atoms with van der Waals surface area (Å²) in [5.41, 5.74) is 1.77. The van der Waals surface area contributed by atoms with E-state index >= 15 is 0 Å². The Labute approximate surface area is 147 Å². The third kappa shape index (κ3) is 3.24. The van der Waals surface area contributed by atoms with E-state index in [9.17, 15) is 4.39 Å². The number of aromatic nitrogens is 1. The highest BCUT2D eigenvalue weighted by atomic mass is 19.1. The molecule has 1 aromatic heterocycles. The van der Waals surface area contributed by atoms with Gasteiger partial charge in [0.05, 0.1) is 6.04 Å². The molecule has 0 spiro atoms. The molecule has 25 heavy (non-hydrogen) atoms. The molecule has 1 aromatic carbocycles. The quantitative estimate of drug-likeness (QED) is 0.917. The standard InChI is InChI=1S/C20H22FN3O/c1-24-13-3-2-4-17(24)18-19(14-9-11-22-12-10-14)25-20(23-18)15-5-7-16(21)8-6-15/h2-8,13-14,17,22H,9-12H2,1H3. The number of nitrogens with one attached hydrogen (secondary N) is 1. The number of rotatable bonds is 3. The molecule has 2 aliphatic rings. The van der Waals surface area contributed by atoms with Gasteiger partial charge in [0.25, 0.3) is 0 Å². The zero-order valence-corrected chi connectivity index (χ0v) is 14.3. The number of hydrogen-bond acceptors (Lipinski definition) is 4. The van der Waals surface area contributed by atoms with Gasteiger partial charge in [-0.05, 0) is 62.5 Å². The molecule has 1 atom stereocenters. The van der Waals surface area contributed by atoms with Crippen molar-refractivity contribution in [1.29, 1.82) is 0 Å². The fraction of sp³-hybridized carbons (Fsp3) is 0.350. The predicted octanol–water partition coefficient (Wildman–Crippen LogP) is 4.00. The summed E-state index contributed by atoms with van der Waals surface area (Å²) in [6.45, 7) is 1.99. The highest BCUT2D eigenvalue weighted by Crippen LogP contribution is 2.37. The second kappa shape index (κ2) is 6.84. The van der Waals surface area contributed by atoms with E-state index in [4.69, 9.17) is 9.40 Å². The number of oxazole rings is 1. The van der Waals surface area contributed by atoms with Gasteiger partial charge in [-0.15, -0.1) is 0 Å². The van der Waals surface area contributed by atoms with E-state index in [0.717, 1.165) is 42.9 Å². The summed E-state index contributed by atoms with van der Waals surface area (Å²) in [4.78, 5) is 6.96. The lowest BCUT2D eigenvalue weighted by atomic mass is 9.92. The molecule has 0 amide bonds. The van der Waals surface area contributed by atoms with E-state index in [2.05, 4.69) is 16.3 Å². The molecule has 0 radical (unpaired) electrons. The molecule has 0 bridgehead atoms. The Bertz CT molecular complexity index is 788. The van der Waals surface area contributed by atoms with Crippen molar-refractivity contribution in [2.45, 2.75) is 24.8 Å². The first-order valence-corrected chi connectivity index (χ1v) is 8.76. The van der Waals surface area contributed by atoms with Crippen molar-refractivity contribution in [3.8, 4) is 11.5 Å². The number of piperidine rings is 1. The van der Waals surface area contributed by atoms with E-state index in [1.807, 2.05) is 25.4 Å². The van der Waals surface area contributed by atoms with Crippen molar-refractivity contribution in [1.82, 2.24) is 15.2 Å². The summed E-state index contributed by atoms with van der Waals surface area (Å²) in [5.74, 6) is 1.65. The Hall–Kier alpha value is -2.40. The van der Waals surface area contributed by atoms with Crippen LogP contribution in [-0.2, 0) is 0 Å². The van der Waals surface area contributed by atoms with Gasteiger partial charge < -0.3 is 14.6 Å². The van der Waals surface area contributed by atoms with Gasteiger partial charge >= 0.3 is 0 Å². The van der Waals surface area contributed by atoms with Crippen molar-refractivity contribution in [2.24, 2.45) is 0 Å². The summed E-state index contributed by atoms with van der Waals surface area (Å²) in [5, 5.41) is 3.40. The third-order valence-electron chi connectivity index (χ3n) is 4.93. The van der Waals surface area contributed by atoms with Crippen LogP contribution in [0.5, 0.6) is 0 Å². The highest BCUT2D eigenvalue weighted by Gasteiger charge is 2.29. The van der Waals surface area contributed by atoms with Crippen LogP contribution in [0.1, 0.15) is 36.3 Å². The number of nitrogens with zero attached hydrogens (tertiary/aromatic N) is 2. The monoisotopic (exact) mass is 339 g/mol. The fourth-order valence-electron chi connectivity index (χ4n) is 3.52. The van der Waals surface area contributed by atoms with Gasteiger partial charge in [0.1, 0.15) is 17.3 Å². The highest BCUT2D eigenvalue weighted by molar-refractivity contribution is 5.54. The first-order valence-electron chi connectivity index (χ1n) is 8.76. The molecule has 4 rings (SSSR count). The van der Waals surface area contributed by atoms with Gasteiger partial charge in [0.2, 0.25) is 5.89 Å². The Morgan fingerprint density at radius 2 is 1.92 bits per heavy atom. The summed E-state index contributed by atoms with van der Waals surface area (Å²) in [6, 6.07) is 6.39. The van der Waals surface area contributed by atoms with Crippen LogP contribution in [0.2, 0.25) is 0 Å². The number of halogens is 1. The SMILES string of the molecule is CN1C=CC=CC1c1nc(-c2ccc(F)cc2)oc1C1CCNCC1. The van der Waals surface area contributed by atoms with Crippen molar-refractivity contribution in [3.63, 3.8) is 0 Å². The first-order chi connectivity index (χ1) is 12.2. The minimum Gasteiger partial charge on any atom is -0.440 e. The Morgan fingerprint density at radius 1 is 1.16 bits per heavy atom.